The molecule has 2 N–H and O–H groups in total. The van der Waals surface area contributed by atoms with Gasteiger partial charge in [-0.15, -0.1) is 0 Å². The average Bonchev–Trinajstić information content (AvgIpc) is 2.98. The van der Waals surface area contributed by atoms with Gasteiger partial charge in [0.15, 0.2) is 5.96 Å². The molecule has 0 amide bonds. The third-order valence-corrected chi connectivity index (χ3v) is 3.92. The molecule has 2 rings (SSSR count). The molecule has 122 valence electrons. The topological polar surface area (TPSA) is 54.9 Å². The highest BCUT2D eigenvalue weighted by molar-refractivity contribution is 5.79. The Hall–Kier alpha value is -1.75. The molecule has 0 fully saturated rings. The molecule has 0 atom stereocenters. The zero-order valence-corrected chi connectivity index (χ0v) is 14.0. The molecule has 0 bridgehead atoms. The Morgan fingerprint density at radius 3 is 2.91 bits per heavy atom. The lowest BCUT2D eigenvalue weighted by Crippen LogP contribution is -2.45. The van der Waals surface area contributed by atoms with E-state index < -0.39 is 0 Å². The van der Waals surface area contributed by atoms with Crippen molar-refractivity contribution in [1.29, 1.82) is 0 Å². The summed E-state index contributed by atoms with van der Waals surface area (Å²) >= 11 is 0. The van der Waals surface area contributed by atoms with Crippen LogP contribution in [0.4, 0.5) is 0 Å². The van der Waals surface area contributed by atoms with Crippen molar-refractivity contribution in [3.63, 3.8) is 0 Å². The van der Waals surface area contributed by atoms with Gasteiger partial charge < -0.3 is 20.1 Å². The van der Waals surface area contributed by atoms with Crippen LogP contribution in [0.1, 0.15) is 25.0 Å². The zero-order chi connectivity index (χ0) is 16.0. The van der Waals surface area contributed by atoms with E-state index in [0.29, 0.717) is 6.54 Å². The van der Waals surface area contributed by atoms with Gasteiger partial charge in [0.2, 0.25) is 0 Å². The van der Waals surface area contributed by atoms with E-state index in [1.807, 2.05) is 13.8 Å². The Labute approximate surface area is 133 Å². The summed E-state index contributed by atoms with van der Waals surface area (Å²) in [7, 11) is 3.50. The second-order valence-electron chi connectivity index (χ2n) is 6.11. The second kappa shape index (κ2) is 7.49. The summed E-state index contributed by atoms with van der Waals surface area (Å²) in [6.07, 6.45) is 1.98. The summed E-state index contributed by atoms with van der Waals surface area (Å²) in [6.45, 7) is 6.44. The van der Waals surface area contributed by atoms with Gasteiger partial charge in [0.1, 0.15) is 5.75 Å². The molecule has 0 saturated carbocycles. The van der Waals surface area contributed by atoms with E-state index in [9.17, 15) is 0 Å². The molecule has 1 aromatic rings. The Balaban J connectivity index is 1.77. The van der Waals surface area contributed by atoms with Crippen molar-refractivity contribution in [1.82, 2.24) is 10.6 Å². The fraction of sp³-hybridized carbons (Fsp3) is 0.588. The molecule has 1 heterocycles. The lowest BCUT2D eigenvalue weighted by atomic mass is 10.1. The molecule has 0 aromatic heterocycles. The normalized spacial score (nSPS) is 14.5. The predicted molar refractivity (Wildman–Crippen MR) is 89.8 cm³/mol. The fourth-order valence-corrected chi connectivity index (χ4v) is 2.31. The van der Waals surface area contributed by atoms with Crippen molar-refractivity contribution in [2.24, 2.45) is 4.99 Å². The van der Waals surface area contributed by atoms with E-state index in [1.54, 1.807) is 14.2 Å². The number of aliphatic imine (C=N–C) groups is 1. The van der Waals surface area contributed by atoms with Gasteiger partial charge in [-0.3, -0.25) is 4.99 Å². The predicted octanol–water partition coefficient (Wildman–Crippen LogP) is 1.75. The molecule has 0 spiro atoms. The van der Waals surface area contributed by atoms with E-state index in [0.717, 1.165) is 37.7 Å². The third kappa shape index (κ3) is 4.63. The third-order valence-electron chi connectivity index (χ3n) is 3.92. The number of benzene rings is 1. The Kier molecular flexibility index (Phi) is 5.66. The van der Waals surface area contributed by atoms with Crippen LogP contribution in [0, 0.1) is 0 Å². The summed E-state index contributed by atoms with van der Waals surface area (Å²) in [4.78, 5) is 4.23. The van der Waals surface area contributed by atoms with E-state index in [4.69, 9.17) is 9.47 Å². The summed E-state index contributed by atoms with van der Waals surface area (Å²) in [5.41, 5.74) is 2.43. The molecule has 22 heavy (non-hydrogen) atoms. The standard InChI is InChI=1S/C17H27N3O2/c1-17(2,21-4)12-20-16(18-3)19-9-7-13-5-6-15-14(11-13)8-10-22-15/h5-6,11H,7-10,12H2,1-4H3,(H2,18,19,20). The van der Waals surface area contributed by atoms with Crippen molar-refractivity contribution < 1.29 is 9.47 Å². The fourth-order valence-electron chi connectivity index (χ4n) is 2.31. The minimum Gasteiger partial charge on any atom is -0.493 e. The second-order valence-corrected chi connectivity index (χ2v) is 6.11. The molecule has 1 aliphatic heterocycles. The first-order chi connectivity index (χ1) is 10.5. The van der Waals surface area contributed by atoms with Crippen molar-refractivity contribution in [3.8, 4) is 5.75 Å². The maximum atomic E-state index is 5.53. The minimum absolute atomic E-state index is 0.211. The summed E-state index contributed by atoms with van der Waals surface area (Å²) in [5, 5.41) is 6.62. The number of guanidine groups is 1. The molecule has 5 nitrogen and oxygen atoms in total. The van der Waals surface area contributed by atoms with Crippen LogP contribution in [0.2, 0.25) is 0 Å². The van der Waals surface area contributed by atoms with Crippen LogP contribution in [0.15, 0.2) is 23.2 Å². The molecule has 0 unspecified atom stereocenters. The highest BCUT2D eigenvalue weighted by atomic mass is 16.5. The van der Waals surface area contributed by atoms with Crippen molar-refractivity contribution >= 4 is 5.96 Å². The van der Waals surface area contributed by atoms with Gasteiger partial charge in [-0.25, -0.2) is 0 Å². The van der Waals surface area contributed by atoms with Gasteiger partial charge in [0.25, 0.3) is 0 Å². The number of fused-ring (bicyclic) bond motifs is 1. The maximum Gasteiger partial charge on any atom is 0.191 e. The Morgan fingerprint density at radius 2 is 2.18 bits per heavy atom. The van der Waals surface area contributed by atoms with Crippen LogP contribution in [-0.2, 0) is 17.6 Å². The van der Waals surface area contributed by atoms with E-state index in [-0.39, 0.29) is 5.60 Å². The highest BCUT2D eigenvalue weighted by Crippen LogP contribution is 2.25. The molecule has 1 aromatic carbocycles. The van der Waals surface area contributed by atoms with Gasteiger partial charge in [-0.2, -0.15) is 0 Å². The van der Waals surface area contributed by atoms with Gasteiger partial charge in [-0.1, -0.05) is 12.1 Å². The molecule has 0 aliphatic carbocycles. The summed E-state index contributed by atoms with van der Waals surface area (Å²) < 4.78 is 10.9. The van der Waals surface area contributed by atoms with Crippen LogP contribution in [0.25, 0.3) is 0 Å². The van der Waals surface area contributed by atoms with Crippen LogP contribution < -0.4 is 15.4 Å². The highest BCUT2D eigenvalue weighted by Gasteiger charge is 2.16. The van der Waals surface area contributed by atoms with Crippen LogP contribution in [-0.4, -0.2) is 45.4 Å². The smallest absolute Gasteiger partial charge is 0.191 e. The number of hydrogen-bond acceptors (Lipinski definition) is 3. The van der Waals surface area contributed by atoms with Gasteiger partial charge in [0.05, 0.1) is 12.2 Å². The maximum absolute atomic E-state index is 5.53. The monoisotopic (exact) mass is 305 g/mol. The first kappa shape index (κ1) is 16.6. The van der Waals surface area contributed by atoms with Crippen LogP contribution >= 0.6 is 0 Å². The minimum atomic E-state index is -0.211. The number of nitrogens with zero attached hydrogens (tertiary/aromatic N) is 1. The molecular weight excluding hydrogens is 278 g/mol. The van der Waals surface area contributed by atoms with Gasteiger partial charge >= 0.3 is 0 Å². The number of hydrogen-bond donors (Lipinski definition) is 2. The van der Waals surface area contributed by atoms with E-state index in [1.165, 1.54) is 11.1 Å². The van der Waals surface area contributed by atoms with Crippen molar-refractivity contribution in [3.05, 3.63) is 29.3 Å². The molecule has 0 radical (unpaired) electrons. The van der Waals surface area contributed by atoms with Gasteiger partial charge in [-0.05, 0) is 37.5 Å². The first-order valence-electron chi connectivity index (χ1n) is 7.78. The van der Waals surface area contributed by atoms with Crippen LogP contribution in [0.5, 0.6) is 5.75 Å². The number of ether oxygens (including phenoxy) is 2. The molecular formula is C17H27N3O2. The van der Waals surface area contributed by atoms with E-state index in [2.05, 4.69) is 33.8 Å². The number of rotatable bonds is 6. The quantitative estimate of drug-likeness (QED) is 0.621. The Bertz CT molecular complexity index is 527. The lowest BCUT2D eigenvalue weighted by Gasteiger charge is -2.24. The molecule has 0 saturated heterocycles. The number of methoxy groups -OCH3 is 1. The zero-order valence-electron chi connectivity index (χ0n) is 14.0. The Morgan fingerprint density at radius 1 is 1.36 bits per heavy atom. The average molecular weight is 305 g/mol. The summed E-state index contributed by atoms with van der Waals surface area (Å²) in [5.74, 6) is 1.84. The van der Waals surface area contributed by atoms with Crippen molar-refractivity contribution in [2.75, 3.05) is 33.9 Å². The number of nitrogens with one attached hydrogen (secondary N) is 2. The molecule has 5 heteroatoms. The lowest BCUT2D eigenvalue weighted by molar-refractivity contribution is 0.0268. The summed E-state index contributed by atoms with van der Waals surface area (Å²) in [6, 6.07) is 6.45. The van der Waals surface area contributed by atoms with Crippen LogP contribution in [0.3, 0.4) is 0 Å². The SMILES string of the molecule is CN=C(NCCc1ccc2c(c1)CCO2)NCC(C)(C)OC. The van der Waals surface area contributed by atoms with Crippen molar-refractivity contribution in [2.45, 2.75) is 32.3 Å². The van der Waals surface area contributed by atoms with E-state index >= 15 is 0 Å². The first-order valence-corrected chi connectivity index (χ1v) is 7.78. The molecule has 1 aliphatic rings. The van der Waals surface area contributed by atoms with Gasteiger partial charge in [0, 0.05) is 33.7 Å². The largest absolute Gasteiger partial charge is 0.493 e.